The van der Waals surface area contributed by atoms with Gasteiger partial charge in [-0.2, -0.15) is 4.98 Å². The first-order chi connectivity index (χ1) is 10.5. The van der Waals surface area contributed by atoms with Gasteiger partial charge in [0, 0.05) is 17.6 Å². The third-order valence-corrected chi connectivity index (χ3v) is 3.16. The van der Waals surface area contributed by atoms with Crippen LogP contribution in [0.25, 0.3) is 5.78 Å². The molecule has 1 N–H and O–H groups in total. The monoisotopic (exact) mass is 296 g/mol. The van der Waals surface area contributed by atoms with Crippen molar-refractivity contribution in [1.29, 1.82) is 0 Å². The maximum Gasteiger partial charge on any atom is 0.252 e. The maximum absolute atomic E-state index is 12.1. The van der Waals surface area contributed by atoms with Gasteiger partial charge in [-0.3, -0.25) is 4.79 Å². The summed E-state index contributed by atoms with van der Waals surface area (Å²) in [5, 5.41) is 7.06. The second kappa shape index (κ2) is 5.51. The fourth-order valence-corrected chi connectivity index (χ4v) is 2.22. The molecule has 0 fully saturated rings. The number of aryl methyl sites for hydroxylation is 3. The van der Waals surface area contributed by atoms with Crippen LogP contribution in [0.1, 0.15) is 22.8 Å². The normalized spacial score (nSPS) is 10.9. The first-order valence-corrected chi connectivity index (χ1v) is 6.93. The standard InChI is InChI=1S/C15H16N6O/c1-9-4-5-16-12(6-9)18-14(22)8-13-19-15-17-10(2)7-11(3)21(15)20-13/h4-7H,8H2,1-3H3,(H,16,18,22). The summed E-state index contributed by atoms with van der Waals surface area (Å²) in [6.45, 7) is 5.77. The van der Waals surface area contributed by atoms with Crippen molar-refractivity contribution in [2.45, 2.75) is 27.2 Å². The Kier molecular flexibility index (Phi) is 3.54. The van der Waals surface area contributed by atoms with Crippen molar-refractivity contribution in [2.75, 3.05) is 5.32 Å². The van der Waals surface area contributed by atoms with Gasteiger partial charge < -0.3 is 5.32 Å². The zero-order valence-corrected chi connectivity index (χ0v) is 12.7. The topological polar surface area (TPSA) is 85.1 Å². The lowest BCUT2D eigenvalue weighted by atomic mass is 10.3. The Bertz CT molecular complexity index is 854. The molecule has 0 unspecified atom stereocenters. The largest absolute Gasteiger partial charge is 0.310 e. The quantitative estimate of drug-likeness (QED) is 0.794. The molecule has 22 heavy (non-hydrogen) atoms. The molecular weight excluding hydrogens is 280 g/mol. The van der Waals surface area contributed by atoms with Gasteiger partial charge in [0.25, 0.3) is 5.78 Å². The van der Waals surface area contributed by atoms with E-state index in [1.165, 1.54) is 0 Å². The Hall–Kier alpha value is -2.83. The number of hydrogen-bond donors (Lipinski definition) is 1. The highest BCUT2D eigenvalue weighted by atomic mass is 16.1. The lowest BCUT2D eigenvalue weighted by Gasteiger charge is -2.02. The second-order valence-electron chi connectivity index (χ2n) is 5.22. The van der Waals surface area contributed by atoms with Crippen LogP contribution in [0.3, 0.4) is 0 Å². The van der Waals surface area contributed by atoms with Gasteiger partial charge in [-0.05, 0) is 44.5 Å². The number of pyridine rings is 1. The third-order valence-electron chi connectivity index (χ3n) is 3.16. The number of carbonyl (C=O) groups is 1. The van der Waals surface area contributed by atoms with Gasteiger partial charge in [0.15, 0.2) is 5.82 Å². The first-order valence-electron chi connectivity index (χ1n) is 6.93. The van der Waals surface area contributed by atoms with Gasteiger partial charge >= 0.3 is 0 Å². The Balaban J connectivity index is 1.78. The molecule has 0 saturated carbocycles. The molecule has 1 amide bonds. The molecule has 112 valence electrons. The van der Waals surface area contributed by atoms with E-state index in [1.807, 2.05) is 39.0 Å². The number of nitrogens with one attached hydrogen (secondary N) is 1. The summed E-state index contributed by atoms with van der Waals surface area (Å²) >= 11 is 0. The smallest absolute Gasteiger partial charge is 0.252 e. The minimum atomic E-state index is -0.205. The molecule has 0 aromatic carbocycles. The highest BCUT2D eigenvalue weighted by Crippen LogP contribution is 2.08. The molecule has 0 saturated heterocycles. The summed E-state index contributed by atoms with van der Waals surface area (Å²) in [7, 11) is 0. The predicted molar refractivity (Wildman–Crippen MR) is 81.6 cm³/mol. The molecule has 0 aliphatic carbocycles. The molecule has 0 radical (unpaired) electrons. The van der Waals surface area contributed by atoms with Crippen LogP contribution in [0.4, 0.5) is 5.82 Å². The zero-order chi connectivity index (χ0) is 15.7. The summed E-state index contributed by atoms with van der Waals surface area (Å²) in [5.74, 6) is 1.27. The van der Waals surface area contributed by atoms with Gasteiger partial charge in [0.1, 0.15) is 5.82 Å². The number of amides is 1. The number of anilines is 1. The van der Waals surface area contributed by atoms with Crippen molar-refractivity contribution in [1.82, 2.24) is 24.6 Å². The SMILES string of the molecule is Cc1ccnc(NC(=O)Cc2nc3nc(C)cc(C)n3n2)c1. The van der Waals surface area contributed by atoms with Crippen LogP contribution in [0, 0.1) is 20.8 Å². The number of aromatic nitrogens is 5. The maximum atomic E-state index is 12.1. The molecule has 7 heteroatoms. The van der Waals surface area contributed by atoms with E-state index in [2.05, 4.69) is 25.4 Å². The van der Waals surface area contributed by atoms with Crippen molar-refractivity contribution in [3.8, 4) is 0 Å². The number of rotatable bonds is 3. The molecule has 7 nitrogen and oxygen atoms in total. The number of fused-ring (bicyclic) bond motifs is 1. The van der Waals surface area contributed by atoms with Crippen molar-refractivity contribution < 1.29 is 4.79 Å². The first kappa shape index (κ1) is 14.1. The van der Waals surface area contributed by atoms with Crippen LogP contribution in [0.5, 0.6) is 0 Å². The van der Waals surface area contributed by atoms with E-state index in [-0.39, 0.29) is 12.3 Å². The van der Waals surface area contributed by atoms with Crippen molar-refractivity contribution >= 4 is 17.5 Å². The molecule has 3 heterocycles. The summed E-state index contributed by atoms with van der Waals surface area (Å²) in [5.41, 5.74) is 2.84. The lowest BCUT2D eigenvalue weighted by molar-refractivity contribution is -0.115. The molecule has 0 aliphatic heterocycles. The highest BCUT2D eigenvalue weighted by Gasteiger charge is 2.12. The van der Waals surface area contributed by atoms with Crippen LogP contribution in [0.15, 0.2) is 24.4 Å². The van der Waals surface area contributed by atoms with Crippen LogP contribution < -0.4 is 5.32 Å². The summed E-state index contributed by atoms with van der Waals surface area (Å²) in [6, 6.07) is 5.60. The molecule has 0 bridgehead atoms. The van der Waals surface area contributed by atoms with Gasteiger partial charge in [0.05, 0.1) is 6.42 Å². The fraction of sp³-hybridized carbons (Fsp3) is 0.267. The van der Waals surface area contributed by atoms with E-state index in [4.69, 9.17) is 0 Å². The molecular formula is C15H16N6O. The Morgan fingerprint density at radius 2 is 2.05 bits per heavy atom. The van der Waals surface area contributed by atoms with E-state index < -0.39 is 0 Å². The van der Waals surface area contributed by atoms with Gasteiger partial charge in [-0.1, -0.05) is 0 Å². The second-order valence-corrected chi connectivity index (χ2v) is 5.22. The zero-order valence-electron chi connectivity index (χ0n) is 12.7. The third kappa shape index (κ3) is 2.93. The Morgan fingerprint density at radius 3 is 2.82 bits per heavy atom. The molecule has 0 atom stereocenters. The molecule has 3 aromatic heterocycles. The average Bonchev–Trinajstić information content (AvgIpc) is 2.81. The van der Waals surface area contributed by atoms with Gasteiger partial charge in [-0.25, -0.2) is 14.5 Å². The average molecular weight is 296 g/mol. The molecule has 3 rings (SSSR count). The molecule has 3 aromatic rings. The van der Waals surface area contributed by atoms with Gasteiger partial charge in [0.2, 0.25) is 5.91 Å². The van der Waals surface area contributed by atoms with Crippen molar-refractivity contribution in [3.63, 3.8) is 0 Å². The van der Waals surface area contributed by atoms with Crippen LogP contribution >= 0.6 is 0 Å². The van der Waals surface area contributed by atoms with Gasteiger partial charge in [-0.15, -0.1) is 5.10 Å². The minimum absolute atomic E-state index is 0.0808. The minimum Gasteiger partial charge on any atom is -0.310 e. The van der Waals surface area contributed by atoms with E-state index in [9.17, 15) is 4.79 Å². The van der Waals surface area contributed by atoms with Crippen molar-refractivity contribution in [2.24, 2.45) is 0 Å². The number of nitrogens with zero attached hydrogens (tertiary/aromatic N) is 5. The van der Waals surface area contributed by atoms with E-state index >= 15 is 0 Å². The van der Waals surface area contributed by atoms with E-state index in [0.717, 1.165) is 17.0 Å². The van der Waals surface area contributed by atoms with E-state index in [0.29, 0.717) is 17.4 Å². The number of hydrogen-bond acceptors (Lipinski definition) is 5. The van der Waals surface area contributed by atoms with Crippen LogP contribution in [-0.4, -0.2) is 30.5 Å². The Morgan fingerprint density at radius 1 is 1.23 bits per heavy atom. The fourth-order valence-electron chi connectivity index (χ4n) is 2.22. The van der Waals surface area contributed by atoms with Crippen molar-refractivity contribution in [3.05, 3.63) is 47.2 Å². The highest BCUT2D eigenvalue weighted by molar-refractivity contribution is 5.90. The summed E-state index contributed by atoms with van der Waals surface area (Å²) < 4.78 is 1.64. The lowest BCUT2D eigenvalue weighted by Crippen LogP contribution is -2.16. The number of carbonyl (C=O) groups excluding carboxylic acids is 1. The van der Waals surface area contributed by atoms with Crippen LogP contribution in [0.2, 0.25) is 0 Å². The summed E-state index contributed by atoms with van der Waals surface area (Å²) in [6.07, 6.45) is 1.74. The molecule has 0 aliphatic rings. The summed E-state index contributed by atoms with van der Waals surface area (Å²) in [4.78, 5) is 24.8. The van der Waals surface area contributed by atoms with Crippen LogP contribution in [-0.2, 0) is 11.2 Å². The predicted octanol–water partition coefficient (Wildman–Crippen LogP) is 1.63. The Labute approximate surface area is 127 Å². The molecule has 0 spiro atoms. The van der Waals surface area contributed by atoms with E-state index in [1.54, 1.807) is 10.7 Å².